The van der Waals surface area contributed by atoms with Gasteiger partial charge in [-0.2, -0.15) is 0 Å². The summed E-state index contributed by atoms with van der Waals surface area (Å²) in [7, 11) is 0. The van der Waals surface area contributed by atoms with Gasteiger partial charge in [0.25, 0.3) is 0 Å². The van der Waals surface area contributed by atoms with Gasteiger partial charge < -0.3 is 24.4 Å². The van der Waals surface area contributed by atoms with Crippen molar-refractivity contribution in [2.75, 3.05) is 13.2 Å². The van der Waals surface area contributed by atoms with Crippen molar-refractivity contribution in [3.8, 4) is 0 Å². The lowest BCUT2D eigenvalue weighted by Crippen LogP contribution is -2.62. The third kappa shape index (κ3) is 4.76. The second-order valence-electron chi connectivity index (χ2n) is 6.88. The molecule has 0 aliphatic heterocycles. The lowest BCUT2D eigenvalue weighted by atomic mass is 9.82. The number of ether oxygens (including phenoxy) is 3. The van der Waals surface area contributed by atoms with Crippen LogP contribution in [0.4, 0.5) is 0 Å². The Kier molecular flexibility index (Phi) is 6.99. The standard InChI is InChI=1S/C23H24O7/c1-2-28-19-14-13-18(30-22(26)17-11-7-4-8-12-17)20(24)23(19,27)15-29-21(25)16-9-5-3-6-10-16/h3-14,18-20,24,27H,2,15H2,1H3/t18-,19+,20+,23+/m0/s1. The first-order chi connectivity index (χ1) is 14.5. The zero-order chi connectivity index (χ0) is 21.6. The number of carbonyl (C=O) groups is 2. The molecule has 2 aromatic rings. The molecule has 0 spiro atoms. The minimum atomic E-state index is -2.00. The first kappa shape index (κ1) is 21.7. The molecule has 30 heavy (non-hydrogen) atoms. The van der Waals surface area contributed by atoms with E-state index in [0.29, 0.717) is 11.1 Å². The van der Waals surface area contributed by atoms with E-state index in [9.17, 15) is 19.8 Å². The van der Waals surface area contributed by atoms with Crippen molar-refractivity contribution in [1.29, 1.82) is 0 Å². The predicted molar refractivity (Wildman–Crippen MR) is 108 cm³/mol. The smallest absolute Gasteiger partial charge is 0.338 e. The van der Waals surface area contributed by atoms with Gasteiger partial charge >= 0.3 is 11.9 Å². The van der Waals surface area contributed by atoms with Crippen LogP contribution in [0, 0.1) is 0 Å². The van der Waals surface area contributed by atoms with Gasteiger partial charge in [0.1, 0.15) is 24.9 Å². The minimum Gasteiger partial charge on any atom is -0.459 e. The second-order valence-corrected chi connectivity index (χ2v) is 6.88. The van der Waals surface area contributed by atoms with Crippen molar-refractivity contribution in [1.82, 2.24) is 0 Å². The fourth-order valence-corrected chi connectivity index (χ4v) is 3.19. The zero-order valence-corrected chi connectivity index (χ0v) is 16.5. The monoisotopic (exact) mass is 412 g/mol. The molecule has 158 valence electrons. The molecule has 0 saturated carbocycles. The van der Waals surface area contributed by atoms with E-state index in [1.807, 2.05) is 0 Å². The van der Waals surface area contributed by atoms with Gasteiger partial charge in [0, 0.05) is 6.61 Å². The van der Waals surface area contributed by atoms with Crippen LogP contribution in [-0.2, 0) is 14.2 Å². The van der Waals surface area contributed by atoms with E-state index in [4.69, 9.17) is 14.2 Å². The molecular formula is C23H24O7. The van der Waals surface area contributed by atoms with Crippen LogP contribution in [0.15, 0.2) is 72.8 Å². The first-order valence-electron chi connectivity index (χ1n) is 9.64. The van der Waals surface area contributed by atoms with E-state index in [0.717, 1.165) is 0 Å². The Labute approximate surface area is 174 Å². The van der Waals surface area contributed by atoms with Crippen LogP contribution in [0.25, 0.3) is 0 Å². The Morgan fingerprint density at radius 2 is 1.50 bits per heavy atom. The molecule has 0 amide bonds. The molecular weight excluding hydrogens is 388 g/mol. The number of aliphatic hydroxyl groups excluding tert-OH is 1. The molecule has 0 saturated heterocycles. The number of benzene rings is 2. The molecule has 7 heteroatoms. The van der Waals surface area contributed by atoms with E-state index in [1.165, 1.54) is 12.2 Å². The number of esters is 2. The number of carbonyl (C=O) groups excluding carboxylic acids is 2. The molecule has 2 N–H and O–H groups in total. The van der Waals surface area contributed by atoms with Crippen LogP contribution >= 0.6 is 0 Å². The van der Waals surface area contributed by atoms with Gasteiger partial charge in [0.05, 0.1) is 11.1 Å². The maximum absolute atomic E-state index is 12.4. The molecule has 4 atom stereocenters. The lowest BCUT2D eigenvalue weighted by Gasteiger charge is -2.42. The van der Waals surface area contributed by atoms with Crippen molar-refractivity contribution in [3.05, 3.63) is 83.9 Å². The largest absolute Gasteiger partial charge is 0.459 e. The minimum absolute atomic E-state index is 0.255. The third-order valence-corrected chi connectivity index (χ3v) is 4.83. The van der Waals surface area contributed by atoms with Crippen LogP contribution in [-0.4, -0.2) is 59.3 Å². The summed E-state index contributed by atoms with van der Waals surface area (Å²) < 4.78 is 16.1. The summed E-state index contributed by atoms with van der Waals surface area (Å²) in [5.41, 5.74) is -1.39. The molecule has 1 aliphatic rings. The molecule has 1 aliphatic carbocycles. The van der Waals surface area contributed by atoms with E-state index < -0.39 is 42.5 Å². The molecule has 0 bridgehead atoms. The molecule has 0 heterocycles. The van der Waals surface area contributed by atoms with Crippen LogP contribution in [0.2, 0.25) is 0 Å². The van der Waals surface area contributed by atoms with Gasteiger partial charge in [-0.25, -0.2) is 9.59 Å². The van der Waals surface area contributed by atoms with Crippen LogP contribution in [0.5, 0.6) is 0 Å². The van der Waals surface area contributed by atoms with Gasteiger partial charge in [-0.1, -0.05) is 42.5 Å². The first-order valence-corrected chi connectivity index (χ1v) is 9.64. The average molecular weight is 412 g/mol. The Morgan fingerprint density at radius 1 is 0.933 bits per heavy atom. The summed E-state index contributed by atoms with van der Waals surface area (Å²) in [6.45, 7) is 1.44. The van der Waals surface area contributed by atoms with Crippen molar-refractivity contribution in [2.45, 2.75) is 30.8 Å². The van der Waals surface area contributed by atoms with Gasteiger partial charge in [-0.05, 0) is 37.3 Å². The molecule has 2 aromatic carbocycles. The summed E-state index contributed by atoms with van der Waals surface area (Å²) in [6.07, 6.45) is -0.715. The molecule has 0 aromatic heterocycles. The topological polar surface area (TPSA) is 102 Å². The number of aliphatic hydroxyl groups is 2. The van der Waals surface area contributed by atoms with Gasteiger partial charge in [-0.15, -0.1) is 0 Å². The molecule has 0 fully saturated rings. The molecule has 0 radical (unpaired) electrons. The Bertz CT molecular complexity index is 881. The summed E-state index contributed by atoms with van der Waals surface area (Å²) in [5, 5.41) is 22.0. The van der Waals surface area contributed by atoms with Crippen molar-refractivity contribution < 1.29 is 34.0 Å². The zero-order valence-electron chi connectivity index (χ0n) is 16.5. The molecule has 0 unspecified atom stereocenters. The van der Waals surface area contributed by atoms with Gasteiger partial charge in [-0.3, -0.25) is 0 Å². The quantitative estimate of drug-likeness (QED) is 0.531. The van der Waals surface area contributed by atoms with E-state index in [1.54, 1.807) is 67.6 Å². The van der Waals surface area contributed by atoms with E-state index >= 15 is 0 Å². The van der Waals surface area contributed by atoms with Crippen molar-refractivity contribution >= 4 is 11.9 Å². The number of hydrogen-bond donors (Lipinski definition) is 2. The maximum Gasteiger partial charge on any atom is 0.338 e. The number of rotatable bonds is 7. The SMILES string of the molecule is CCO[C@@H]1C=C[C@H](OC(=O)c2ccccc2)[C@@H](O)[C@@]1(O)COC(=O)c1ccccc1. The lowest BCUT2D eigenvalue weighted by molar-refractivity contribution is -0.194. The summed E-state index contributed by atoms with van der Waals surface area (Å²) in [6, 6.07) is 16.6. The summed E-state index contributed by atoms with van der Waals surface area (Å²) >= 11 is 0. The fraction of sp³-hybridized carbons (Fsp3) is 0.304. The summed E-state index contributed by atoms with van der Waals surface area (Å²) in [5.74, 6) is -1.30. The van der Waals surface area contributed by atoms with Crippen LogP contribution in [0.1, 0.15) is 27.6 Å². The highest BCUT2D eigenvalue weighted by Crippen LogP contribution is 2.30. The molecule has 3 rings (SSSR count). The van der Waals surface area contributed by atoms with Crippen molar-refractivity contribution in [3.63, 3.8) is 0 Å². The maximum atomic E-state index is 12.4. The van der Waals surface area contributed by atoms with E-state index in [-0.39, 0.29) is 6.61 Å². The normalized spacial score (nSPS) is 25.5. The van der Waals surface area contributed by atoms with Crippen LogP contribution in [0.3, 0.4) is 0 Å². The Balaban J connectivity index is 1.75. The highest BCUT2D eigenvalue weighted by molar-refractivity contribution is 5.90. The Hall–Kier alpha value is -3.00. The van der Waals surface area contributed by atoms with Crippen LogP contribution < -0.4 is 0 Å². The average Bonchev–Trinajstić information content (AvgIpc) is 2.78. The summed E-state index contributed by atoms with van der Waals surface area (Å²) in [4.78, 5) is 24.6. The fourth-order valence-electron chi connectivity index (χ4n) is 3.19. The van der Waals surface area contributed by atoms with Gasteiger partial charge in [0.2, 0.25) is 0 Å². The second kappa shape index (κ2) is 9.67. The molecule has 7 nitrogen and oxygen atoms in total. The van der Waals surface area contributed by atoms with Gasteiger partial charge in [0.15, 0.2) is 5.60 Å². The Morgan fingerprint density at radius 3 is 2.07 bits per heavy atom. The highest BCUT2D eigenvalue weighted by atomic mass is 16.6. The highest BCUT2D eigenvalue weighted by Gasteiger charge is 2.51. The predicted octanol–water partition coefficient (Wildman–Crippen LogP) is 2.14. The number of hydrogen-bond acceptors (Lipinski definition) is 7. The third-order valence-electron chi connectivity index (χ3n) is 4.83. The van der Waals surface area contributed by atoms with E-state index in [2.05, 4.69) is 0 Å². The van der Waals surface area contributed by atoms with Crippen molar-refractivity contribution in [2.24, 2.45) is 0 Å².